The van der Waals surface area contributed by atoms with Gasteiger partial charge in [0.05, 0.1) is 12.7 Å². The maximum absolute atomic E-state index is 11.6. The van der Waals surface area contributed by atoms with Crippen molar-refractivity contribution in [3.05, 3.63) is 11.9 Å². The first kappa shape index (κ1) is 14.9. The van der Waals surface area contributed by atoms with Gasteiger partial charge in [-0.25, -0.2) is 0 Å². The highest BCUT2D eigenvalue weighted by atomic mass is 16.7. The predicted octanol–water partition coefficient (Wildman–Crippen LogP) is 1.02. The molecular formula is C13H22N4O3. The van der Waals surface area contributed by atoms with Crippen LogP contribution in [-0.2, 0) is 20.8 Å². The highest BCUT2D eigenvalue weighted by Gasteiger charge is 2.23. The lowest BCUT2D eigenvalue weighted by Crippen LogP contribution is -2.26. The Balaban J connectivity index is 1.81. The molecule has 1 aromatic heterocycles. The molecule has 0 spiro atoms. The summed E-state index contributed by atoms with van der Waals surface area (Å²) in [5, 5.41) is 11.0. The van der Waals surface area contributed by atoms with Crippen LogP contribution in [0.2, 0.25) is 0 Å². The van der Waals surface area contributed by atoms with Gasteiger partial charge in [-0.05, 0) is 26.7 Å². The molecule has 7 nitrogen and oxygen atoms in total. The zero-order valence-electron chi connectivity index (χ0n) is 12.0. The zero-order chi connectivity index (χ0) is 14.4. The van der Waals surface area contributed by atoms with E-state index in [0.29, 0.717) is 37.9 Å². The van der Waals surface area contributed by atoms with Crippen LogP contribution < -0.4 is 5.32 Å². The van der Waals surface area contributed by atoms with Crippen molar-refractivity contribution in [2.45, 2.75) is 52.0 Å². The van der Waals surface area contributed by atoms with Crippen molar-refractivity contribution < 1.29 is 14.3 Å². The number of aryl methyl sites for hydroxylation is 1. The van der Waals surface area contributed by atoms with E-state index in [1.165, 1.54) is 0 Å². The topological polar surface area (TPSA) is 78.3 Å². The first-order valence-electron chi connectivity index (χ1n) is 7.15. The van der Waals surface area contributed by atoms with Crippen molar-refractivity contribution in [1.29, 1.82) is 0 Å². The number of carbonyl (C=O) groups is 1. The number of amides is 1. The summed E-state index contributed by atoms with van der Waals surface area (Å²) >= 11 is 0. The molecule has 0 aromatic carbocycles. The molecule has 0 atom stereocenters. The third-order valence-electron chi connectivity index (χ3n) is 2.94. The standard InChI is InChI=1S/C13H22N4O3/c1-3-19-13(20-4-2)11-9-17(16-15-11)8-7-12(18)14-10-5-6-10/h9-10,13H,3-8H2,1-2H3,(H,14,18). The van der Waals surface area contributed by atoms with Gasteiger partial charge in [0.15, 0.2) is 0 Å². The average Bonchev–Trinajstić information content (AvgIpc) is 3.11. The van der Waals surface area contributed by atoms with Gasteiger partial charge in [-0.15, -0.1) is 5.10 Å². The van der Waals surface area contributed by atoms with E-state index >= 15 is 0 Å². The Hall–Kier alpha value is -1.47. The minimum Gasteiger partial charge on any atom is -0.353 e. The molecule has 0 radical (unpaired) electrons. The lowest BCUT2D eigenvalue weighted by Gasteiger charge is -2.13. The number of hydrogen-bond donors (Lipinski definition) is 1. The van der Waals surface area contributed by atoms with Crippen LogP contribution in [0.15, 0.2) is 6.20 Å². The van der Waals surface area contributed by atoms with E-state index in [0.717, 1.165) is 12.8 Å². The number of nitrogens with one attached hydrogen (secondary N) is 1. The molecule has 0 saturated heterocycles. The van der Waals surface area contributed by atoms with Gasteiger partial charge in [0, 0.05) is 25.7 Å². The van der Waals surface area contributed by atoms with Crippen LogP contribution in [0.25, 0.3) is 0 Å². The first-order valence-corrected chi connectivity index (χ1v) is 7.15. The van der Waals surface area contributed by atoms with Crippen LogP contribution in [0.3, 0.4) is 0 Å². The summed E-state index contributed by atoms with van der Waals surface area (Å²) in [6.07, 6.45) is 3.89. The van der Waals surface area contributed by atoms with E-state index in [-0.39, 0.29) is 5.91 Å². The molecule has 1 fully saturated rings. The summed E-state index contributed by atoms with van der Waals surface area (Å²) in [6.45, 7) is 5.40. The highest BCUT2D eigenvalue weighted by molar-refractivity contribution is 5.76. The SMILES string of the molecule is CCOC(OCC)c1cn(CCC(=O)NC2CC2)nn1. The van der Waals surface area contributed by atoms with Crippen LogP contribution in [0.4, 0.5) is 0 Å². The molecule has 20 heavy (non-hydrogen) atoms. The number of rotatable bonds is 9. The van der Waals surface area contributed by atoms with E-state index in [4.69, 9.17) is 9.47 Å². The van der Waals surface area contributed by atoms with Crippen molar-refractivity contribution in [2.75, 3.05) is 13.2 Å². The largest absolute Gasteiger partial charge is 0.353 e. The van der Waals surface area contributed by atoms with Crippen molar-refractivity contribution in [2.24, 2.45) is 0 Å². The normalized spacial score (nSPS) is 14.8. The Morgan fingerprint density at radius 1 is 1.45 bits per heavy atom. The number of hydrogen-bond acceptors (Lipinski definition) is 5. The first-order chi connectivity index (χ1) is 9.72. The Labute approximate surface area is 118 Å². The molecule has 1 aromatic rings. The smallest absolute Gasteiger partial charge is 0.222 e. The minimum absolute atomic E-state index is 0.0655. The monoisotopic (exact) mass is 282 g/mol. The van der Waals surface area contributed by atoms with Crippen molar-refractivity contribution >= 4 is 5.91 Å². The van der Waals surface area contributed by atoms with Crippen molar-refractivity contribution in [3.8, 4) is 0 Å². The van der Waals surface area contributed by atoms with E-state index in [1.807, 2.05) is 13.8 Å². The Kier molecular flexibility index (Phi) is 5.49. The molecule has 1 aliphatic carbocycles. The lowest BCUT2D eigenvalue weighted by molar-refractivity contribution is -0.142. The minimum atomic E-state index is -0.487. The molecule has 1 saturated carbocycles. The van der Waals surface area contributed by atoms with E-state index in [9.17, 15) is 4.79 Å². The molecule has 7 heteroatoms. The summed E-state index contributed by atoms with van der Waals surface area (Å²) < 4.78 is 12.5. The van der Waals surface area contributed by atoms with Gasteiger partial charge in [0.1, 0.15) is 5.69 Å². The number of carbonyl (C=O) groups excluding carboxylic acids is 1. The molecule has 0 unspecified atom stereocenters. The second-order valence-electron chi connectivity index (χ2n) is 4.74. The third-order valence-corrected chi connectivity index (χ3v) is 2.94. The van der Waals surface area contributed by atoms with E-state index in [1.54, 1.807) is 10.9 Å². The molecule has 1 heterocycles. The molecule has 1 N–H and O–H groups in total. The quantitative estimate of drug-likeness (QED) is 0.684. The Bertz CT molecular complexity index is 425. The fourth-order valence-corrected chi connectivity index (χ4v) is 1.80. The molecule has 0 bridgehead atoms. The third kappa shape index (κ3) is 4.57. The van der Waals surface area contributed by atoms with Crippen LogP contribution >= 0.6 is 0 Å². The molecule has 1 amide bonds. The van der Waals surface area contributed by atoms with E-state index in [2.05, 4.69) is 15.6 Å². The number of nitrogens with zero attached hydrogens (tertiary/aromatic N) is 3. The average molecular weight is 282 g/mol. The molecular weight excluding hydrogens is 260 g/mol. The van der Waals surface area contributed by atoms with Gasteiger partial charge in [0.2, 0.25) is 12.2 Å². The summed E-state index contributed by atoms with van der Waals surface area (Å²) in [5.41, 5.74) is 0.635. The van der Waals surface area contributed by atoms with Gasteiger partial charge in [-0.3, -0.25) is 9.48 Å². The van der Waals surface area contributed by atoms with Gasteiger partial charge < -0.3 is 14.8 Å². The summed E-state index contributed by atoms with van der Waals surface area (Å²) in [5.74, 6) is 0.0655. The van der Waals surface area contributed by atoms with Gasteiger partial charge in [0.25, 0.3) is 0 Å². The van der Waals surface area contributed by atoms with Crippen LogP contribution in [-0.4, -0.2) is 40.2 Å². The fourth-order valence-electron chi connectivity index (χ4n) is 1.80. The summed E-state index contributed by atoms with van der Waals surface area (Å²) in [4.78, 5) is 11.6. The molecule has 0 aliphatic heterocycles. The Morgan fingerprint density at radius 2 is 2.15 bits per heavy atom. The molecule has 2 rings (SSSR count). The van der Waals surface area contributed by atoms with Crippen molar-refractivity contribution in [3.63, 3.8) is 0 Å². The Morgan fingerprint density at radius 3 is 2.75 bits per heavy atom. The molecule has 112 valence electrons. The highest BCUT2D eigenvalue weighted by Crippen LogP contribution is 2.19. The van der Waals surface area contributed by atoms with E-state index < -0.39 is 6.29 Å². The lowest BCUT2D eigenvalue weighted by atomic mass is 10.4. The summed E-state index contributed by atoms with van der Waals surface area (Å²) in [6, 6.07) is 0.397. The van der Waals surface area contributed by atoms with Crippen LogP contribution in [0.5, 0.6) is 0 Å². The number of ether oxygens (including phenoxy) is 2. The van der Waals surface area contributed by atoms with Crippen molar-refractivity contribution in [1.82, 2.24) is 20.3 Å². The summed E-state index contributed by atoms with van der Waals surface area (Å²) in [7, 11) is 0. The second-order valence-corrected chi connectivity index (χ2v) is 4.74. The second kappa shape index (κ2) is 7.35. The maximum atomic E-state index is 11.6. The maximum Gasteiger partial charge on any atom is 0.222 e. The fraction of sp³-hybridized carbons (Fsp3) is 0.769. The van der Waals surface area contributed by atoms with Crippen LogP contribution in [0.1, 0.15) is 45.1 Å². The molecule has 1 aliphatic rings. The predicted molar refractivity (Wildman–Crippen MR) is 71.8 cm³/mol. The zero-order valence-corrected chi connectivity index (χ0v) is 12.0. The van der Waals surface area contributed by atoms with Gasteiger partial charge >= 0.3 is 0 Å². The van der Waals surface area contributed by atoms with Gasteiger partial charge in [-0.2, -0.15) is 0 Å². The number of aromatic nitrogens is 3. The van der Waals surface area contributed by atoms with Gasteiger partial charge in [-0.1, -0.05) is 5.21 Å². The van der Waals surface area contributed by atoms with Crippen LogP contribution in [0, 0.1) is 0 Å².